The van der Waals surface area contributed by atoms with Crippen LogP contribution < -0.4 is 15.4 Å². The zero-order valence-electron chi connectivity index (χ0n) is 13.3. The van der Waals surface area contributed by atoms with Crippen molar-refractivity contribution in [1.82, 2.24) is 10.6 Å². The topological polar surface area (TPSA) is 45.7 Å². The molecule has 0 aliphatic heterocycles. The molecule has 1 aliphatic rings. The molecule has 0 amide bonds. The first-order chi connectivity index (χ1) is 9.63. The number of aliphatic imine (C=N–C) groups is 1. The van der Waals surface area contributed by atoms with Crippen LogP contribution in [0.3, 0.4) is 0 Å². The molecule has 1 aromatic carbocycles. The van der Waals surface area contributed by atoms with Crippen LogP contribution in [-0.2, 0) is 6.54 Å². The zero-order valence-corrected chi connectivity index (χ0v) is 15.6. The Hall–Kier alpha value is -0.980. The van der Waals surface area contributed by atoms with Crippen molar-refractivity contribution in [3.05, 3.63) is 29.3 Å². The third-order valence-corrected chi connectivity index (χ3v) is 3.67. The Bertz CT molecular complexity index is 490. The molecule has 4 nitrogen and oxygen atoms in total. The lowest BCUT2D eigenvalue weighted by molar-refractivity contribution is 0.411. The summed E-state index contributed by atoms with van der Waals surface area (Å²) in [6.45, 7) is 7.93. The SMILES string of the molecule is CCNC(=NCc1ccc(C)c(OC)c1)NC1CC1C.I. The van der Waals surface area contributed by atoms with Gasteiger partial charge in [0.15, 0.2) is 5.96 Å². The van der Waals surface area contributed by atoms with E-state index in [-0.39, 0.29) is 24.0 Å². The maximum atomic E-state index is 5.35. The number of nitrogens with one attached hydrogen (secondary N) is 2. The number of ether oxygens (including phenoxy) is 1. The Morgan fingerprint density at radius 2 is 2.14 bits per heavy atom. The van der Waals surface area contributed by atoms with E-state index in [2.05, 4.69) is 47.7 Å². The molecular weight excluding hydrogens is 377 g/mol. The average Bonchev–Trinajstić information content (AvgIpc) is 3.13. The number of aryl methyl sites for hydroxylation is 1. The van der Waals surface area contributed by atoms with E-state index in [9.17, 15) is 0 Å². The van der Waals surface area contributed by atoms with Crippen LogP contribution in [0.2, 0.25) is 0 Å². The van der Waals surface area contributed by atoms with Gasteiger partial charge in [-0.2, -0.15) is 0 Å². The largest absolute Gasteiger partial charge is 0.496 e. The van der Waals surface area contributed by atoms with E-state index in [4.69, 9.17) is 4.74 Å². The standard InChI is InChI=1S/C16H25N3O.HI/c1-5-17-16(19-14-8-12(14)3)18-10-13-7-6-11(2)15(9-13)20-4;/h6-7,9,12,14H,5,8,10H2,1-4H3,(H2,17,18,19);1H. The van der Waals surface area contributed by atoms with Crippen LogP contribution in [0.5, 0.6) is 5.75 Å². The number of hydrogen-bond acceptors (Lipinski definition) is 2. The fraction of sp³-hybridized carbons (Fsp3) is 0.562. The van der Waals surface area contributed by atoms with E-state index in [1.807, 2.05) is 6.92 Å². The molecule has 2 atom stereocenters. The minimum absolute atomic E-state index is 0. The second-order valence-electron chi connectivity index (χ2n) is 5.46. The van der Waals surface area contributed by atoms with E-state index in [0.717, 1.165) is 35.3 Å². The molecule has 2 unspecified atom stereocenters. The summed E-state index contributed by atoms with van der Waals surface area (Å²) < 4.78 is 5.35. The third kappa shape index (κ3) is 5.37. The number of halogens is 1. The molecule has 21 heavy (non-hydrogen) atoms. The highest BCUT2D eigenvalue weighted by atomic mass is 127. The van der Waals surface area contributed by atoms with Gasteiger partial charge in [0.25, 0.3) is 0 Å². The third-order valence-electron chi connectivity index (χ3n) is 3.67. The predicted octanol–water partition coefficient (Wildman–Crippen LogP) is 3.09. The molecule has 5 heteroatoms. The smallest absolute Gasteiger partial charge is 0.191 e. The fourth-order valence-electron chi connectivity index (χ4n) is 2.15. The molecule has 0 heterocycles. The minimum Gasteiger partial charge on any atom is -0.496 e. The Morgan fingerprint density at radius 3 is 2.71 bits per heavy atom. The molecule has 1 aromatic rings. The minimum atomic E-state index is 0. The van der Waals surface area contributed by atoms with Crippen molar-refractivity contribution in [2.45, 2.75) is 39.8 Å². The van der Waals surface area contributed by atoms with Gasteiger partial charge in [0, 0.05) is 12.6 Å². The van der Waals surface area contributed by atoms with E-state index in [0.29, 0.717) is 12.6 Å². The number of methoxy groups -OCH3 is 1. The molecule has 1 fully saturated rings. The van der Waals surface area contributed by atoms with Crippen molar-refractivity contribution in [3.8, 4) is 5.75 Å². The monoisotopic (exact) mass is 403 g/mol. The van der Waals surface area contributed by atoms with Crippen LogP contribution in [0.25, 0.3) is 0 Å². The highest BCUT2D eigenvalue weighted by Crippen LogP contribution is 2.28. The van der Waals surface area contributed by atoms with Crippen molar-refractivity contribution < 1.29 is 4.74 Å². The van der Waals surface area contributed by atoms with Crippen LogP contribution in [0.4, 0.5) is 0 Å². The molecule has 2 N–H and O–H groups in total. The molecule has 0 spiro atoms. The lowest BCUT2D eigenvalue weighted by Crippen LogP contribution is -2.39. The summed E-state index contributed by atoms with van der Waals surface area (Å²) in [4.78, 5) is 4.64. The van der Waals surface area contributed by atoms with E-state index < -0.39 is 0 Å². The Morgan fingerprint density at radius 1 is 1.43 bits per heavy atom. The summed E-state index contributed by atoms with van der Waals surface area (Å²) in [5.41, 5.74) is 2.31. The van der Waals surface area contributed by atoms with Gasteiger partial charge in [0.2, 0.25) is 0 Å². The quantitative estimate of drug-likeness (QED) is 0.451. The predicted molar refractivity (Wildman–Crippen MR) is 98.7 cm³/mol. The first-order valence-electron chi connectivity index (χ1n) is 7.32. The summed E-state index contributed by atoms with van der Waals surface area (Å²) in [7, 11) is 1.70. The van der Waals surface area contributed by atoms with Gasteiger partial charge >= 0.3 is 0 Å². The van der Waals surface area contributed by atoms with Gasteiger partial charge < -0.3 is 15.4 Å². The van der Waals surface area contributed by atoms with Gasteiger partial charge in [0.1, 0.15) is 5.75 Å². The molecular formula is C16H26IN3O. The molecule has 0 aromatic heterocycles. The lowest BCUT2D eigenvalue weighted by Gasteiger charge is -2.11. The first-order valence-corrected chi connectivity index (χ1v) is 7.32. The van der Waals surface area contributed by atoms with Crippen molar-refractivity contribution in [1.29, 1.82) is 0 Å². The number of guanidine groups is 1. The molecule has 2 rings (SSSR count). The van der Waals surface area contributed by atoms with Crippen molar-refractivity contribution in [3.63, 3.8) is 0 Å². The second-order valence-corrected chi connectivity index (χ2v) is 5.46. The first kappa shape index (κ1) is 18.1. The Labute approximate surface area is 144 Å². The molecule has 0 bridgehead atoms. The van der Waals surface area contributed by atoms with Crippen LogP contribution in [0, 0.1) is 12.8 Å². The van der Waals surface area contributed by atoms with Crippen molar-refractivity contribution >= 4 is 29.9 Å². The summed E-state index contributed by atoms with van der Waals surface area (Å²) in [6.07, 6.45) is 1.24. The van der Waals surface area contributed by atoms with E-state index >= 15 is 0 Å². The highest BCUT2D eigenvalue weighted by Gasteiger charge is 2.33. The maximum absolute atomic E-state index is 5.35. The van der Waals surface area contributed by atoms with Crippen LogP contribution in [0.15, 0.2) is 23.2 Å². The van der Waals surface area contributed by atoms with Crippen LogP contribution >= 0.6 is 24.0 Å². The number of rotatable bonds is 5. The summed E-state index contributed by atoms with van der Waals surface area (Å²) in [5, 5.41) is 6.75. The summed E-state index contributed by atoms with van der Waals surface area (Å²) in [5.74, 6) is 2.59. The van der Waals surface area contributed by atoms with E-state index in [1.165, 1.54) is 6.42 Å². The summed E-state index contributed by atoms with van der Waals surface area (Å²) in [6, 6.07) is 6.82. The highest BCUT2D eigenvalue weighted by molar-refractivity contribution is 14.0. The second kappa shape index (κ2) is 8.46. The van der Waals surface area contributed by atoms with Gasteiger partial charge in [0.05, 0.1) is 13.7 Å². The van der Waals surface area contributed by atoms with Gasteiger partial charge in [-0.25, -0.2) is 4.99 Å². The Kier molecular flexibility index (Phi) is 7.28. The van der Waals surface area contributed by atoms with E-state index in [1.54, 1.807) is 7.11 Å². The number of benzene rings is 1. The molecule has 0 radical (unpaired) electrons. The fourth-order valence-corrected chi connectivity index (χ4v) is 2.15. The molecule has 0 saturated heterocycles. The average molecular weight is 403 g/mol. The lowest BCUT2D eigenvalue weighted by atomic mass is 10.1. The maximum Gasteiger partial charge on any atom is 0.191 e. The molecule has 1 aliphatic carbocycles. The van der Waals surface area contributed by atoms with Gasteiger partial charge in [-0.3, -0.25) is 0 Å². The molecule has 1 saturated carbocycles. The van der Waals surface area contributed by atoms with Crippen molar-refractivity contribution in [2.24, 2.45) is 10.9 Å². The summed E-state index contributed by atoms with van der Waals surface area (Å²) >= 11 is 0. The van der Waals surface area contributed by atoms with Crippen molar-refractivity contribution in [2.75, 3.05) is 13.7 Å². The van der Waals surface area contributed by atoms with Crippen LogP contribution in [-0.4, -0.2) is 25.7 Å². The van der Waals surface area contributed by atoms with Gasteiger partial charge in [-0.1, -0.05) is 19.1 Å². The van der Waals surface area contributed by atoms with Crippen LogP contribution in [0.1, 0.15) is 31.4 Å². The van der Waals surface area contributed by atoms with Gasteiger partial charge in [-0.05, 0) is 43.4 Å². The zero-order chi connectivity index (χ0) is 14.5. The molecule has 118 valence electrons. The number of hydrogen-bond donors (Lipinski definition) is 2. The normalized spacial score (nSPS) is 20.5. The Balaban J connectivity index is 0.00000220. The number of nitrogens with zero attached hydrogens (tertiary/aromatic N) is 1. The van der Waals surface area contributed by atoms with Gasteiger partial charge in [-0.15, -0.1) is 24.0 Å².